The van der Waals surface area contributed by atoms with Crippen molar-refractivity contribution in [3.8, 4) is 0 Å². The molecule has 1 aromatic rings. The number of rotatable bonds is 5. The molecule has 0 saturated heterocycles. The van der Waals surface area contributed by atoms with E-state index in [1.165, 1.54) is 0 Å². The quantitative estimate of drug-likeness (QED) is 0.603. The van der Waals surface area contributed by atoms with Gasteiger partial charge >= 0.3 is 11.9 Å². The maximum absolute atomic E-state index is 11.1. The summed E-state index contributed by atoms with van der Waals surface area (Å²) >= 11 is 0. The first-order valence-electron chi connectivity index (χ1n) is 5.08. The first-order valence-corrected chi connectivity index (χ1v) is 5.08. The topological polar surface area (TPSA) is 74.6 Å². The van der Waals surface area contributed by atoms with Gasteiger partial charge in [-0.15, -0.1) is 0 Å². The zero-order chi connectivity index (χ0) is 13.1. The molecular formula is C13H14O4. The van der Waals surface area contributed by atoms with Crippen molar-refractivity contribution < 1.29 is 19.8 Å². The van der Waals surface area contributed by atoms with Crippen molar-refractivity contribution in [3.63, 3.8) is 0 Å². The Labute approximate surface area is 99.2 Å². The normalized spacial score (nSPS) is 10.9. The van der Waals surface area contributed by atoms with Crippen LogP contribution in [0.15, 0.2) is 42.5 Å². The lowest BCUT2D eigenvalue weighted by Gasteiger charge is -2.22. The van der Waals surface area contributed by atoms with Crippen LogP contribution in [0.5, 0.6) is 0 Å². The molecule has 0 saturated carbocycles. The molecule has 0 atom stereocenters. The van der Waals surface area contributed by atoms with Crippen LogP contribution in [-0.2, 0) is 16.0 Å². The molecule has 0 aromatic heterocycles. The maximum atomic E-state index is 11.1. The molecule has 0 radical (unpaired) electrons. The van der Waals surface area contributed by atoms with E-state index in [4.69, 9.17) is 10.2 Å². The van der Waals surface area contributed by atoms with Crippen LogP contribution in [0.1, 0.15) is 12.5 Å². The number of hydrogen-bond donors (Lipinski definition) is 2. The van der Waals surface area contributed by atoms with Gasteiger partial charge < -0.3 is 10.2 Å². The fourth-order valence-electron chi connectivity index (χ4n) is 1.41. The largest absolute Gasteiger partial charge is 0.480 e. The fraction of sp³-hybridized carbons (Fsp3) is 0.231. The Bertz CT molecular complexity index is 434. The van der Waals surface area contributed by atoms with Gasteiger partial charge in [-0.2, -0.15) is 0 Å². The molecule has 0 unspecified atom stereocenters. The number of carboxylic acids is 2. The van der Waals surface area contributed by atoms with Gasteiger partial charge in [0.15, 0.2) is 5.41 Å². The summed E-state index contributed by atoms with van der Waals surface area (Å²) in [5, 5.41) is 18.0. The van der Waals surface area contributed by atoms with Crippen LogP contribution in [0.2, 0.25) is 0 Å². The summed E-state index contributed by atoms with van der Waals surface area (Å²) in [6.07, 6.45) is 0.232. The second kappa shape index (κ2) is 4.82. The average molecular weight is 234 g/mol. The first kappa shape index (κ1) is 13.0. The molecule has 4 nitrogen and oxygen atoms in total. The molecule has 0 aliphatic heterocycles. The van der Waals surface area contributed by atoms with Gasteiger partial charge in [-0.3, -0.25) is 9.59 Å². The summed E-state index contributed by atoms with van der Waals surface area (Å²) in [4.78, 5) is 22.1. The molecule has 1 aromatic carbocycles. The summed E-state index contributed by atoms with van der Waals surface area (Å²) in [7, 11) is 0. The number of benzene rings is 1. The van der Waals surface area contributed by atoms with E-state index in [0.29, 0.717) is 0 Å². The fourth-order valence-corrected chi connectivity index (χ4v) is 1.41. The van der Waals surface area contributed by atoms with E-state index in [1.807, 2.05) is 18.2 Å². The minimum absolute atomic E-state index is 0.156. The zero-order valence-electron chi connectivity index (χ0n) is 9.51. The molecule has 0 heterocycles. The Morgan fingerprint density at radius 1 is 1.18 bits per heavy atom. The molecule has 2 N–H and O–H groups in total. The van der Waals surface area contributed by atoms with E-state index in [1.54, 1.807) is 12.1 Å². The molecular weight excluding hydrogens is 220 g/mol. The van der Waals surface area contributed by atoms with Crippen molar-refractivity contribution >= 4 is 11.9 Å². The monoisotopic (exact) mass is 234 g/mol. The van der Waals surface area contributed by atoms with Gasteiger partial charge in [0, 0.05) is 0 Å². The highest BCUT2D eigenvalue weighted by molar-refractivity contribution is 6.01. The Morgan fingerprint density at radius 3 is 2.06 bits per heavy atom. The first-order chi connectivity index (χ1) is 7.89. The molecule has 0 fully saturated rings. The molecule has 0 aliphatic carbocycles. The lowest BCUT2D eigenvalue weighted by Crippen LogP contribution is -2.38. The zero-order valence-corrected chi connectivity index (χ0v) is 9.51. The molecule has 0 amide bonds. The third-order valence-electron chi connectivity index (χ3n) is 2.82. The van der Waals surface area contributed by atoms with Gasteiger partial charge in [-0.05, 0) is 24.5 Å². The molecule has 0 bridgehead atoms. The Hall–Kier alpha value is -2.10. The van der Waals surface area contributed by atoms with E-state index in [0.717, 1.165) is 12.5 Å². The number of hydrogen-bond acceptors (Lipinski definition) is 2. The third kappa shape index (κ3) is 2.53. The number of aliphatic carboxylic acids is 2. The van der Waals surface area contributed by atoms with Gasteiger partial charge in [0.1, 0.15) is 0 Å². The minimum atomic E-state index is -1.95. The van der Waals surface area contributed by atoms with Crippen molar-refractivity contribution in [2.24, 2.45) is 5.41 Å². The predicted octanol–water partition coefficient (Wildman–Crippen LogP) is 1.96. The van der Waals surface area contributed by atoms with Crippen molar-refractivity contribution in [3.05, 3.63) is 48.0 Å². The Morgan fingerprint density at radius 2 is 1.65 bits per heavy atom. The molecule has 0 spiro atoms. The molecule has 17 heavy (non-hydrogen) atoms. The Balaban J connectivity index is 2.96. The van der Waals surface area contributed by atoms with E-state index in [-0.39, 0.29) is 12.0 Å². The van der Waals surface area contributed by atoms with Gasteiger partial charge in [-0.1, -0.05) is 36.9 Å². The summed E-state index contributed by atoms with van der Waals surface area (Å²) < 4.78 is 0. The van der Waals surface area contributed by atoms with Crippen LogP contribution in [-0.4, -0.2) is 22.2 Å². The van der Waals surface area contributed by atoms with Crippen molar-refractivity contribution in [2.75, 3.05) is 0 Å². The predicted molar refractivity (Wildman–Crippen MR) is 62.7 cm³/mol. The van der Waals surface area contributed by atoms with Gasteiger partial charge in [0.05, 0.1) is 0 Å². The van der Waals surface area contributed by atoms with Crippen LogP contribution in [0, 0.1) is 5.41 Å². The molecule has 90 valence electrons. The van der Waals surface area contributed by atoms with E-state index >= 15 is 0 Å². The molecule has 4 heteroatoms. The summed E-state index contributed by atoms with van der Waals surface area (Å²) in [6, 6.07) is 9.05. The molecule has 0 aliphatic rings. The Kier molecular flexibility index (Phi) is 3.68. The highest BCUT2D eigenvalue weighted by atomic mass is 16.4. The van der Waals surface area contributed by atoms with Crippen LogP contribution in [0.25, 0.3) is 0 Å². The number of carboxylic acid groups (broad SMARTS) is 2. The third-order valence-corrected chi connectivity index (χ3v) is 2.82. The second-order valence-corrected chi connectivity index (χ2v) is 4.00. The second-order valence-electron chi connectivity index (χ2n) is 4.00. The SMILES string of the molecule is C=C(Cc1ccccc1)C(C)(C(=O)O)C(=O)O. The van der Waals surface area contributed by atoms with Crippen LogP contribution in [0.3, 0.4) is 0 Å². The number of carbonyl (C=O) groups is 2. The summed E-state index contributed by atoms with van der Waals surface area (Å²) in [6.45, 7) is 4.76. The summed E-state index contributed by atoms with van der Waals surface area (Å²) in [5.74, 6) is -2.79. The smallest absolute Gasteiger partial charge is 0.324 e. The molecule has 1 rings (SSSR count). The van der Waals surface area contributed by atoms with Crippen molar-refractivity contribution in [2.45, 2.75) is 13.3 Å². The average Bonchev–Trinajstić information content (AvgIpc) is 2.28. The lowest BCUT2D eigenvalue weighted by molar-refractivity contribution is -0.160. The highest BCUT2D eigenvalue weighted by Gasteiger charge is 2.44. The van der Waals surface area contributed by atoms with Gasteiger partial charge in [-0.25, -0.2) is 0 Å². The highest BCUT2D eigenvalue weighted by Crippen LogP contribution is 2.29. The van der Waals surface area contributed by atoms with Gasteiger partial charge in [0.2, 0.25) is 0 Å². The van der Waals surface area contributed by atoms with Crippen LogP contribution < -0.4 is 0 Å². The van der Waals surface area contributed by atoms with Crippen LogP contribution in [0.4, 0.5) is 0 Å². The standard InChI is InChI=1S/C13H14O4/c1-9(8-10-6-4-3-5-7-10)13(2,11(14)15)12(16)17/h3-7H,1,8H2,2H3,(H,14,15)(H,16,17). The minimum Gasteiger partial charge on any atom is -0.480 e. The maximum Gasteiger partial charge on any atom is 0.324 e. The van der Waals surface area contributed by atoms with E-state index in [9.17, 15) is 9.59 Å². The lowest BCUT2D eigenvalue weighted by atomic mass is 9.80. The van der Waals surface area contributed by atoms with E-state index in [2.05, 4.69) is 6.58 Å². The van der Waals surface area contributed by atoms with E-state index < -0.39 is 17.4 Å². The van der Waals surface area contributed by atoms with Crippen LogP contribution >= 0.6 is 0 Å². The van der Waals surface area contributed by atoms with Crippen molar-refractivity contribution in [1.29, 1.82) is 0 Å². The van der Waals surface area contributed by atoms with Gasteiger partial charge in [0.25, 0.3) is 0 Å². The summed E-state index contributed by atoms with van der Waals surface area (Å²) in [5.41, 5.74) is -0.953. The van der Waals surface area contributed by atoms with Crippen molar-refractivity contribution in [1.82, 2.24) is 0 Å².